The van der Waals surface area contributed by atoms with E-state index in [9.17, 15) is 22.0 Å². The van der Waals surface area contributed by atoms with Gasteiger partial charge in [0, 0.05) is 26.2 Å². The number of benzene rings is 5. The number of aromatic nitrogens is 1. The summed E-state index contributed by atoms with van der Waals surface area (Å²) in [5, 5.41) is 3.73. The number of para-hydroxylation sites is 2. The largest absolute Gasteiger partial charge is 0.308 e. The minimum atomic E-state index is -2.17. The molecule has 0 unspecified atom stereocenters. The molecule has 0 atom stereocenters. The molecule has 0 saturated carbocycles. The molecule has 0 aliphatic carbocycles. The lowest BCUT2D eigenvalue weighted by atomic mass is 10.0. The summed E-state index contributed by atoms with van der Waals surface area (Å²) in [6, 6.07) is 26.6. The van der Waals surface area contributed by atoms with Crippen molar-refractivity contribution < 1.29 is 22.0 Å². The second-order valence-corrected chi connectivity index (χ2v) is 9.83. The van der Waals surface area contributed by atoms with Crippen molar-refractivity contribution in [1.29, 1.82) is 0 Å². The highest BCUT2D eigenvalue weighted by Crippen LogP contribution is 2.42. The van der Waals surface area contributed by atoms with E-state index in [2.05, 4.69) is 28.8 Å². The first kappa shape index (κ1) is 22.0. The molecule has 0 N–H and O–H groups in total. The zero-order valence-corrected chi connectivity index (χ0v) is 19.6. The van der Waals surface area contributed by atoms with Crippen LogP contribution in [0, 0.1) is 29.1 Å². The zero-order valence-electron chi connectivity index (χ0n) is 18.8. The van der Waals surface area contributed by atoms with E-state index in [0.717, 1.165) is 42.3 Å². The molecule has 180 valence electrons. The summed E-state index contributed by atoms with van der Waals surface area (Å²) >= 11 is 1.51. The standard InChI is InChI=1S/C30H14F5NS/c31-25-24(26(32)28(34)29(35)27(25)33)15-12-13-23-19(14-15)18-8-5-11-22(30(18)37-23)36-20-9-3-1-6-16(20)17-7-2-4-10-21(17)36/h1-14H. The molecule has 2 aromatic heterocycles. The topological polar surface area (TPSA) is 4.93 Å². The van der Waals surface area contributed by atoms with E-state index in [1.807, 2.05) is 42.5 Å². The lowest BCUT2D eigenvalue weighted by Crippen LogP contribution is -2.03. The highest BCUT2D eigenvalue weighted by molar-refractivity contribution is 7.26. The molecular weight excluding hydrogens is 501 g/mol. The number of thiophene rings is 1. The van der Waals surface area contributed by atoms with Gasteiger partial charge in [-0.2, -0.15) is 0 Å². The number of hydrogen-bond donors (Lipinski definition) is 0. The lowest BCUT2D eigenvalue weighted by Gasteiger charge is -2.09. The van der Waals surface area contributed by atoms with Crippen molar-refractivity contribution >= 4 is 53.3 Å². The van der Waals surface area contributed by atoms with Gasteiger partial charge in [0.25, 0.3) is 0 Å². The Morgan fingerprint density at radius 3 is 1.73 bits per heavy atom. The number of halogens is 5. The van der Waals surface area contributed by atoms with Crippen LogP contribution in [0.15, 0.2) is 84.9 Å². The van der Waals surface area contributed by atoms with Crippen LogP contribution >= 0.6 is 11.3 Å². The lowest BCUT2D eigenvalue weighted by molar-refractivity contribution is 0.381. The molecule has 5 aromatic carbocycles. The smallest absolute Gasteiger partial charge is 0.200 e. The van der Waals surface area contributed by atoms with E-state index in [0.29, 0.717) is 5.39 Å². The first-order valence-electron chi connectivity index (χ1n) is 11.4. The van der Waals surface area contributed by atoms with Gasteiger partial charge in [-0.15, -0.1) is 11.3 Å². The first-order chi connectivity index (χ1) is 18.0. The highest BCUT2D eigenvalue weighted by Gasteiger charge is 2.27. The van der Waals surface area contributed by atoms with E-state index in [1.54, 1.807) is 6.07 Å². The van der Waals surface area contributed by atoms with Crippen LogP contribution in [0.5, 0.6) is 0 Å². The van der Waals surface area contributed by atoms with Crippen molar-refractivity contribution in [2.45, 2.75) is 0 Å². The van der Waals surface area contributed by atoms with E-state index in [4.69, 9.17) is 0 Å². The van der Waals surface area contributed by atoms with E-state index in [-0.39, 0.29) is 5.56 Å². The molecule has 2 heterocycles. The number of fused-ring (bicyclic) bond motifs is 6. The third-order valence-corrected chi connectivity index (χ3v) is 8.00. The molecule has 7 aromatic rings. The van der Waals surface area contributed by atoms with Crippen molar-refractivity contribution in [3.8, 4) is 16.8 Å². The fourth-order valence-corrected chi connectivity index (χ4v) is 6.34. The van der Waals surface area contributed by atoms with Gasteiger partial charge >= 0.3 is 0 Å². The van der Waals surface area contributed by atoms with Crippen molar-refractivity contribution in [2.75, 3.05) is 0 Å². The van der Waals surface area contributed by atoms with Crippen molar-refractivity contribution in [1.82, 2.24) is 4.57 Å². The Morgan fingerprint density at radius 1 is 0.514 bits per heavy atom. The fraction of sp³-hybridized carbons (Fsp3) is 0. The predicted octanol–water partition coefficient (Wildman–Crippen LogP) is 9.51. The van der Waals surface area contributed by atoms with Gasteiger partial charge in [0.05, 0.1) is 27.0 Å². The molecule has 7 heteroatoms. The van der Waals surface area contributed by atoms with Crippen molar-refractivity contribution in [2.24, 2.45) is 0 Å². The maximum Gasteiger partial charge on any atom is 0.200 e. The average Bonchev–Trinajstić information content (AvgIpc) is 3.47. The molecule has 0 fully saturated rings. The van der Waals surface area contributed by atoms with Crippen LogP contribution in [-0.4, -0.2) is 4.57 Å². The minimum absolute atomic E-state index is 0.0812. The normalized spacial score (nSPS) is 11.9. The minimum Gasteiger partial charge on any atom is -0.308 e. The van der Waals surface area contributed by atoms with Gasteiger partial charge in [0.15, 0.2) is 23.3 Å². The number of hydrogen-bond acceptors (Lipinski definition) is 1. The summed E-state index contributed by atoms with van der Waals surface area (Å²) in [7, 11) is 0. The maximum absolute atomic E-state index is 14.6. The van der Waals surface area contributed by atoms with Gasteiger partial charge in [-0.1, -0.05) is 54.6 Å². The van der Waals surface area contributed by atoms with Crippen LogP contribution in [-0.2, 0) is 0 Å². The third kappa shape index (κ3) is 3.01. The van der Waals surface area contributed by atoms with Gasteiger partial charge in [-0.3, -0.25) is 0 Å². The van der Waals surface area contributed by atoms with Crippen LogP contribution in [0.3, 0.4) is 0 Å². The molecule has 0 aliphatic heterocycles. The Bertz CT molecular complexity index is 1970. The average molecular weight is 516 g/mol. The van der Waals surface area contributed by atoms with Gasteiger partial charge in [0.2, 0.25) is 5.82 Å². The van der Waals surface area contributed by atoms with E-state index < -0.39 is 34.6 Å². The summed E-state index contributed by atoms with van der Waals surface area (Å²) in [6.45, 7) is 0. The summed E-state index contributed by atoms with van der Waals surface area (Å²) in [5.74, 6) is -9.78. The molecule has 0 bridgehead atoms. The second-order valence-electron chi connectivity index (χ2n) is 8.78. The molecule has 0 radical (unpaired) electrons. The molecule has 0 saturated heterocycles. The Balaban J connectivity index is 1.53. The molecule has 0 amide bonds. The fourth-order valence-electron chi connectivity index (χ4n) is 5.16. The molecular formula is C30H14F5NS. The summed E-state index contributed by atoms with van der Waals surface area (Å²) in [4.78, 5) is 0. The van der Waals surface area contributed by atoms with E-state index >= 15 is 0 Å². The van der Waals surface area contributed by atoms with Crippen LogP contribution in [0.4, 0.5) is 22.0 Å². The molecule has 0 spiro atoms. The van der Waals surface area contributed by atoms with Gasteiger partial charge in [-0.05, 0) is 35.9 Å². The van der Waals surface area contributed by atoms with Crippen LogP contribution in [0.25, 0.3) is 58.8 Å². The van der Waals surface area contributed by atoms with Crippen molar-refractivity contribution in [3.05, 3.63) is 114 Å². The van der Waals surface area contributed by atoms with E-state index in [1.165, 1.54) is 23.5 Å². The Hall–Kier alpha value is -4.23. The van der Waals surface area contributed by atoms with Crippen LogP contribution in [0.2, 0.25) is 0 Å². The van der Waals surface area contributed by atoms with Gasteiger partial charge in [0.1, 0.15) is 0 Å². The monoisotopic (exact) mass is 515 g/mol. The first-order valence-corrected chi connectivity index (χ1v) is 12.2. The Kier molecular flexibility index (Phi) is 4.69. The zero-order chi connectivity index (χ0) is 25.4. The number of nitrogens with zero attached hydrogens (tertiary/aromatic N) is 1. The van der Waals surface area contributed by atoms with Gasteiger partial charge < -0.3 is 4.57 Å². The molecule has 1 nitrogen and oxygen atoms in total. The predicted molar refractivity (Wildman–Crippen MR) is 139 cm³/mol. The van der Waals surface area contributed by atoms with Crippen molar-refractivity contribution in [3.63, 3.8) is 0 Å². The Morgan fingerprint density at radius 2 is 1.08 bits per heavy atom. The second kappa shape index (κ2) is 7.88. The quantitative estimate of drug-likeness (QED) is 0.123. The Labute approximate surface area is 210 Å². The number of rotatable bonds is 2. The van der Waals surface area contributed by atoms with Crippen LogP contribution in [0.1, 0.15) is 0 Å². The van der Waals surface area contributed by atoms with Crippen LogP contribution < -0.4 is 0 Å². The SMILES string of the molecule is Fc1c(F)c(F)c(-c2ccc3sc4c(-n5c6ccccc6c6ccccc65)cccc4c3c2)c(F)c1F. The maximum atomic E-state index is 14.6. The third-order valence-electron chi connectivity index (χ3n) is 6.80. The van der Waals surface area contributed by atoms with Gasteiger partial charge in [-0.25, -0.2) is 22.0 Å². The summed E-state index contributed by atoms with van der Waals surface area (Å²) < 4.78 is 74.5. The molecule has 0 aliphatic rings. The molecule has 37 heavy (non-hydrogen) atoms. The highest BCUT2D eigenvalue weighted by atomic mass is 32.1. The molecule has 7 rings (SSSR count). The summed E-state index contributed by atoms with van der Waals surface area (Å²) in [5.41, 5.74) is 2.00. The summed E-state index contributed by atoms with van der Waals surface area (Å²) in [6.07, 6.45) is 0.